The Balaban J connectivity index is 2.21. The van der Waals surface area contributed by atoms with Gasteiger partial charge < -0.3 is 4.74 Å². The molecule has 2 rings (SSSR count). The van der Waals surface area contributed by atoms with Crippen LogP contribution < -0.4 is 5.32 Å². The summed E-state index contributed by atoms with van der Waals surface area (Å²) >= 11 is 0. The molecule has 1 N–H and O–H groups in total. The largest absolute Gasteiger partial charge is 0.444 e. The summed E-state index contributed by atoms with van der Waals surface area (Å²) in [4.78, 5) is 16.2. The van der Waals surface area contributed by atoms with E-state index in [1.165, 1.54) is 0 Å². The lowest BCUT2D eigenvalue weighted by molar-refractivity contribution is 0.0635. The standard InChI is InChI=1S/C16H22N4O2/c1-6-12-8-18-20(10-12)13-7-14(11(2)17-9-13)19-15(21)22-16(3,4)5/h7-10H,6H2,1-5H3,(H,19,21). The molecule has 2 aromatic heterocycles. The molecule has 6 heteroatoms. The van der Waals surface area contributed by atoms with Crippen molar-refractivity contribution in [3.8, 4) is 5.69 Å². The molecule has 0 atom stereocenters. The van der Waals surface area contributed by atoms with Crippen LogP contribution in [0.1, 0.15) is 39.0 Å². The fraction of sp³-hybridized carbons (Fsp3) is 0.438. The smallest absolute Gasteiger partial charge is 0.412 e. The molecule has 0 aromatic carbocycles. The minimum atomic E-state index is -0.541. The molecule has 0 saturated heterocycles. The normalized spacial score (nSPS) is 11.3. The Hall–Kier alpha value is -2.37. The second-order valence-corrected chi connectivity index (χ2v) is 6.10. The first kappa shape index (κ1) is 16.0. The summed E-state index contributed by atoms with van der Waals surface area (Å²) in [6.45, 7) is 9.37. The fourth-order valence-electron chi connectivity index (χ4n) is 1.87. The monoisotopic (exact) mass is 302 g/mol. The van der Waals surface area contributed by atoms with Gasteiger partial charge in [-0.1, -0.05) is 6.92 Å². The third-order valence-electron chi connectivity index (χ3n) is 3.02. The van der Waals surface area contributed by atoms with E-state index in [4.69, 9.17) is 4.74 Å². The first-order valence-electron chi connectivity index (χ1n) is 7.29. The minimum Gasteiger partial charge on any atom is -0.444 e. The molecule has 0 aliphatic heterocycles. The summed E-state index contributed by atoms with van der Waals surface area (Å²) < 4.78 is 7.01. The number of pyridine rings is 1. The zero-order valence-electron chi connectivity index (χ0n) is 13.7. The van der Waals surface area contributed by atoms with Gasteiger partial charge >= 0.3 is 6.09 Å². The third kappa shape index (κ3) is 4.07. The first-order chi connectivity index (χ1) is 10.3. The molecule has 22 heavy (non-hydrogen) atoms. The van der Waals surface area contributed by atoms with Gasteiger partial charge in [0, 0.05) is 6.20 Å². The molecule has 0 fully saturated rings. The predicted molar refractivity (Wildman–Crippen MR) is 85.3 cm³/mol. The van der Waals surface area contributed by atoms with Crippen molar-refractivity contribution < 1.29 is 9.53 Å². The molecular weight excluding hydrogens is 280 g/mol. The predicted octanol–water partition coefficient (Wildman–Crippen LogP) is 3.49. The van der Waals surface area contributed by atoms with Crippen LogP contribution in [0.25, 0.3) is 5.69 Å². The number of carbonyl (C=O) groups is 1. The maximum Gasteiger partial charge on any atom is 0.412 e. The number of carbonyl (C=O) groups excluding carboxylic acids is 1. The van der Waals surface area contributed by atoms with Crippen LogP contribution in [0.4, 0.5) is 10.5 Å². The summed E-state index contributed by atoms with van der Waals surface area (Å²) in [5.41, 5.74) is 2.72. The highest BCUT2D eigenvalue weighted by atomic mass is 16.6. The number of anilines is 1. The summed E-state index contributed by atoms with van der Waals surface area (Å²) in [6, 6.07) is 1.83. The van der Waals surface area contributed by atoms with Crippen molar-refractivity contribution in [3.05, 3.63) is 35.9 Å². The first-order valence-corrected chi connectivity index (χ1v) is 7.29. The van der Waals surface area contributed by atoms with E-state index in [1.54, 1.807) is 10.9 Å². The van der Waals surface area contributed by atoms with Gasteiger partial charge in [0.25, 0.3) is 0 Å². The van der Waals surface area contributed by atoms with Crippen LogP contribution in [0.15, 0.2) is 24.7 Å². The van der Waals surface area contributed by atoms with E-state index < -0.39 is 11.7 Å². The topological polar surface area (TPSA) is 69.0 Å². The van der Waals surface area contributed by atoms with E-state index in [0.717, 1.165) is 23.4 Å². The van der Waals surface area contributed by atoms with Crippen molar-refractivity contribution in [3.63, 3.8) is 0 Å². The molecule has 0 radical (unpaired) electrons. The van der Waals surface area contributed by atoms with E-state index in [2.05, 4.69) is 22.3 Å². The highest BCUT2D eigenvalue weighted by Crippen LogP contribution is 2.18. The number of hydrogen-bond acceptors (Lipinski definition) is 4. The van der Waals surface area contributed by atoms with Crippen molar-refractivity contribution in [2.24, 2.45) is 0 Å². The molecule has 0 aliphatic rings. The SMILES string of the molecule is CCc1cnn(-c2cnc(C)c(NC(=O)OC(C)(C)C)c2)c1. The molecule has 0 bridgehead atoms. The van der Waals surface area contributed by atoms with Gasteiger partial charge in [-0.2, -0.15) is 5.10 Å². The maximum absolute atomic E-state index is 11.9. The van der Waals surface area contributed by atoms with Gasteiger partial charge in [-0.25, -0.2) is 9.48 Å². The van der Waals surface area contributed by atoms with Crippen molar-refractivity contribution in [2.75, 3.05) is 5.32 Å². The zero-order chi connectivity index (χ0) is 16.3. The van der Waals surface area contributed by atoms with E-state index in [0.29, 0.717) is 5.69 Å². The van der Waals surface area contributed by atoms with Gasteiger partial charge in [-0.15, -0.1) is 0 Å². The van der Waals surface area contributed by atoms with Gasteiger partial charge in [0.05, 0.1) is 29.5 Å². The maximum atomic E-state index is 11.9. The van der Waals surface area contributed by atoms with E-state index >= 15 is 0 Å². The van der Waals surface area contributed by atoms with Gasteiger partial charge in [-0.05, 0) is 45.7 Å². The molecular formula is C16H22N4O2. The quantitative estimate of drug-likeness (QED) is 0.942. The number of hydrogen-bond donors (Lipinski definition) is 1. The summed E-state index contributed by atoms with van der Waals surface area (Å²) in [6.07, 6.45) is 5.92. The number of aromatic nitrogens is 3. The van der Waals surface area contributed by atoms with E-state index in [9.17, 15) is 4.79 Å². The Kier molecular flexibility index (Phi) is 4.49. The number of nitrogens with zero attached hydrogens (tertiary/aromatic N) is 3. The summed E-state index contributed by atoms with van der Waals surface area (Å²) in [5, 5.41) is 7.03. The molecule has 0 saturated carbocycles. The number of rotatable bonds is 3. The van der Waals surface area contributed by atoms with E-state index in [1.807, 2.05) is 46.2 Å². The molecule has 118 valence electrons. The van der Waals surface area contributed by atoms with Gasteiger partial charge in [0.15, 0.2) is 0 Å². The lowest BCUT2D eigenvalue weighted by Crippen LogP contribution is -2.27. The van der Waals surface area contributed by atoms with Crippen LogP contribution in [0, 0.1) is 6.92 Å². The molecule has 6 nitrogen and oxygen atoms in total. The average Bonchev–Trinajstić information content (AvgIpc) is 2.88. The number of nitrogens with one attached hydrogen (secondary N) is 1. The molecule has 1 amide bonds. The third-order valence-corrected chi connectivity index (χ3v) is 3.02. The highest BCUT2D eigenvalue weighted by Gasteiger charge is 2.17. The number of aryl methyl sites for hydroxylation is 2. The van der Waals surface area contributed by atoms with Crippen molar-refractivity contribution in [1.29, 1.82) is 0 Å². The van der Waals surface area contributed by atoms with Crippen LogP contribution in [0.5, 0.6) is 0 Å². The fourth-order valence-corrected chi connectivity index (χ4v) is 1.87. The molecule has 0 unspecified atom stereocenters. The molecule has 0 aliphatic carbocycles. The second kappa shape index (κ2) is 6.17. The summed E-state index contributed by atoms with van der Waals surface area (Å²) in [5.74, 6) is 0. The molecule has 2 aromatic rings. The lowest BCUT2D eigenvalue weighted by Gasteiger charge is -2.20. The second-order valence-electron chi connectivity index (χ2n) is 6.10. The van der Waals surface area contributed by atoms with Gasteiger partial charge in [0.1, 0.15) is 5.60 Å². The molecule has 0 spiro atoms. The zero-order valence-corrected chi connectivity index (χ0v) is 13.7. The summed E-state index contributed by atoms with van der Waals surface area (Å²) in [7, 11) is 0. The minimum absolute atomic E-state index is 0.496. The van der Waals surface area contributed by atoms with E-state index in [-0.39, 0.29) is 0 Å². The Morgan fingerprint density at radius 1 is 1.36 bits per heavy atom. The van der Waals surface area contributed by atoms with Gasteiger partial charge in [-0.3, -0.25) is 10.3 Å². The highest BCUT2D eigenvalue weighted by molar-refractivity contribution is 5.85. The lowest BCUT2D eigenvalue weighted by atomic mass is 10.2. The Labute approximate surface area is 130 Å². The van der Waals surface area contributed by atoms with Gasteiger partial charge in [0.2, 0.25) is 0 Å². The van der Waals surface area contributed by atoms with Crippen molar-refractivity contribution >= 4 is 11.8 Å². The van der Waals surface area contributed by atoms with Crippen LogP contribution in [-0.4, -0.2) is 26.5 Å². The van der Waals surface area contributed by atoms with Crippen LogP contribution in [-0.2, 0) is 11.2 Å². The van der Waals surface area contributed by atoms with Crippen LogP contribution in [0.2, 0.25) is 0 Å². The molecule has 2 heterocycles. The van der Waals surface area contributed by atoms with Crippen LogP contribution >= 0.6 is 0 Å². The Morgan fingerprint density at radius 2 is 2.09 bits per heavy atom. The van der Waals surface area contributed by atoms with Crippen molar-refractivity contribution in [2.45, 2.75) is 46.6 Å². The number of amides is 1. The number of ether oxygens (including phenoxy) is 1. The Morgan fingerprint density at radius 3 is 2.68 bits per heavy atom. The average molecular weight is 302 g/mol. The van der Waals surface area contributed by atoms with Crippen molar-refractivity contribution in [1.82, 2.24) is 14.8 Å². The Bertz CT molecular complexity index is 671. The van der Waals surface area contributed by atoms with Crippen LogP contribution in [0.3, 0.4) is 0 Å².